The van der Waals surface area contributed by atoms with Gasteiger partial charge in [-0.25, -0.2) is 0 Å². The molecule has 0 spiro atoms. The van der Waals surface area contributed by atoms with Crippen molar-refractivity contribution in [2.75, 3.05) is 13.1 Å². The Morgan fingerprint density at radius 3 is 2.82 bits per heavy atom. The molecule has 3 heterocycles. The monoisotopic (exact) mass is 450 g/mol. The summed E-state index contributed by atoms with van der Waals surface area (Å²) < 4.78 is 0. The molecule has 8 nitrogen and oxygen atoms in total. The zero-order valence-corrected chi connectivity index (χ0v) is 18.6. The molecule has 2 saturated heterocycles. The first-order chi connectivity index (χ1) is 16.0. The Hall–Kier alpha value is -3.16. The third-order valence-corrected chi connectivity index (χ3v) is 7.61. The standard InChI is InChI=1S/C25H30N4O4/c30-14-18(11-16-7-4-10-26-23(16)31)27-24(32)22-19-8-3-6-17(19)13-29(22)25(33)21-12-15-5-1-2-9-20(15)28-21/h1-2,5,9,12,14,16-19,22,28H,3-4,6-8,10-11,13H2,(H,26,31)(H,27,32)/t16-,17-,18?,19-,22-/m0/s1. The van der Waals surface area contributed by atoms with Crippen molar-refractivity contribution in [2.24, 2.45) is 17.8 Å². The van der Waals surface area contributed by atoms with E-state index in [1.807, 2.05) is 30.3 Å². The van der Waals surface area contributed by atoms with Gasteiger partial charge in [0, 0.05) is 29.9 Å². The van der Waals surface area contributed by atoms with Gasteiger partial charge < -0.3 is 25.3 Å². The highest BCUT2D eigenvalue weighted by atomic mass is 16.2. The highest BCUT2D eigenvalue weighted by Crippen LogP contribution is 2.43. The molecule has 1 saturated carbocycles. The van der Waals surface area contributed by atoms with Gasteiger partial charge in [0.15, 0.2) is 0 Å². The minimum absolute atomic E-state index is 0.0605. The van der Waals surface area contributed by atoms with Crippen molar-refractivity contribution in [1.29, 1.82) is 0 Å². The summed E-state index contributed by atoms with van der Waals surface area (Å²) in [6, 6.07) is 8.20. The first-order valence-electron chi connectivity index (χ1n) is 12.0. The molecule has 1 aliphatic carbocycles. The van der Waals surface area contributed by atoms with Crippen LogP contribution in [0.15, 0.2) is 30.3 Å². The zero-order valence-electron chi connectivity index (χ0n) is 18.6. The fraction of sp³-hybridized carbons (Fsp3) is 0.520. The van der Waals surface area contributed by atoms with Gasteiger partial charge >= 0.3 is 0 Å². The molecule has 5 atom stereocenters. The molecule has 5 rings (SSSR count). The van der Waals surface area contributed by atoms with Crippen molar-refractivity contribution in [3.63, 3.8) is 0 Å². The van der Waals surface area contributed by atoms with Crippen LogP contribution in [0.5, 0.6) is 0 Å². The molecular weight excluding hydrogens is 420 g/mol. The quantitative estimate of drug-likeness (QED) is 0.585. The molecule has 3 amide bonds. The Kier molecular flexibility index (Phi) is 5.91. The Balaban J connectivity index is 1.34. The fourth-order valence-corrected chi connectivity index (χ4v) is 5.98. The van der Waals surface area contributed by atoms with Crippen LogP contribution in [0, 0.1) is 17.8 Å². The predicted molar refractivity (Wildman–Crippen MR) is 122 cm³/mol. The van der Waals surface area contributed by atoms with Crippen molar-refractivity contribution >= 4 is 34.9 Å². The van der Waals surface area contributed by atoms with Gasteiger partial charge in [-0.05, 0) is 56.1 Å². The van der Waals surface area contributed by atoms with Gasteiger partial charge in [-0.1, -0.05) is 24.6 Å². The lowest BCUT2D eigenvalue weighted by Gasteiger charge is -2.29. The number of aromatic nitrogens is 1. The summed E-state index contributed by atoms with van der Waals surface area (Å²) in [7, 11) is 0. The van der Waals surface area contributed by atoms with Crippen LogP contribution in [0.25, 0.3) is 10.9 Å². The van der Waals surface area contributed by atoms with Gasteiger partial charge in [0.25, 0.3) is 5.91 Å². The van der Waals surface area contributed by atoms with E-state index in [0.717, 1.165) is 36.6 Å². The van der Waals surface area contributed by atoms with E-state index in [9.17, 15) is 19.2 Å². The SMILES string of the molecule is O=CC(C[C@@H]1CCCNC1=O)NC(=O)[C@@H]1[C@H]2CCC[C@H]2CN1C(=O)c1cc2ccccc2[nH]1. The number of hydrogen-bond acceptors (Lipinski definition) is 4. The number of fused-ring (bicyclic) bond motifs is 2. The third-order valence-electron chi connectivity index (χ3n) is 7.61. The molecular formula is C25H30N4O4. The van der Waals surface area contributed by atoms with Gasteiger partial charge in [-0.2, -0.15) is 0 Å². The maximum atomic E-state index is 13.5. The first kappa shape index (κ1) is 21.7. The molecule has 0 bridgehead atoms. The number of nitrogens with one attached hydrogen (secondary N) is 3. The second-order valence-electron chi connectivity index (χ2n) is 9.64. The lowest BCUT2D eigenvalue weighted by molar-refractivity contribution is -0.130. The minimum atomic E-state index is -0.739. The lowest BCUT2D eigenvalue weighted by atomic mass is 9.91. The van der Waals surface area contributed by atoms with Crippen LogP contribution >= 0.6 is 0 Å². The van der Waals surface area contributed by atoms with Gasteiger partial charge in [-0.3, -0.25) is 14.4 Å². The number of para-hydroxylation sites is 1. The summed E-state index contributed by atoms with van der Waals surface area (Å²) in [5.74, 6) is -0.412. The fourth-order valence-electron chi connectivity index (χ4n) is 5.98. The van der Waals surface area contributed by atoms with Crippen molar-refractivity contribution in [2.45, 2.75) is 50.6 Å². The van der Waals surface area contributed by atoms with Gasteiger partial charge in [0.05, 0.1) is 6.04 Å². The van der Waals surface area contributed by atoms with Crippen LogP contribution in [-0.2, 0) is 14.4 Å². The van der Waals surface area contributed by atoms with E-state index in [1.54, 1.807) is 4.90 Å². The second-order valence-corrected chi connectivity index (χ2v) is 9.64. The average Bonchev–Trinajstić information content (AvgIpc) is 3.53. The van der Waals surface area contributed by atoms with Crippen molar-refractivity contribution in [3.05, 3.63) is 36.0 Å². The Morgan fingerprint density at radius 2 is 2.03 bits per heavy atom. The Morgan fingerprint density at radius 1 is 1.18 bits per heavy atom. The van der Waals surface area contributed by atoms with Crippen LogP contribution in [0.1, 0.15) is 49.0 Å². The highest BCUT2D eigenvalue weighted by Gasteiger charge is 2.50. The summed E-state index contributed by atoms with van der Waals surface area (Å²) in [5, 5.41) is 6.64. The number of benzene rings is 1. The summed E-state index contributed by atoms with van der Waals surface area (Å²) >= 11 is 0. The summed E-state index contributed by atoms with van der Waals surface area (Å²) in [6.07, 6.45) is 5.54. The summed E-state index contributed by atoms with van der Waals surface area (Å²) in [6.45, 7) is 1.21. The van der Waals surface area contributed by atoms with E-state index in [0.29, 0.717) is 37.4 Å². The van der Waals surface area contributed by atoms with Crippen molar-refractivity contribution in [1.82, 2.24) is 20.5 Å². The maximum Gasteiger partial charge on any atom is 0.271 e. The summed E-state index contributed by atoms with van der Waals surface area (Å²) in [5.41, 5.74) is 1.35. The molecule has 33 heavy (non-hydrogen) atoms. The van der Waals surface area contributed by atoms with E-state index in [4.69, 9.17) is 0 Å². The third kappa shape index (κ3) is 4.14. The molecule has 2 aromatic rings. The molecule has 0 radical (unpaired) electrons. The van der Waals surface area contributed by atoms with Crippen LogP contribution in [0.3, 0.4) is 0 Å². The number of amides is 3. The van der Waals surface area contributed by atoms with Gasteiger partial charge in [0.1, 0.15) is 18.0 Å². The van der Waals surface area contributed by atoms with Crippen molar-refractivity contribution in [3.8, 4) is 0 Å². The molecule has 3 aliphatic rings. The lowest BCUT2D eigenvalue weighted by Crippen LogP contribution is -2.52. The summed E-state index contributed by atoms with van der Waals surface area (Å²) in [4.78, 5) is 55.6. The number of nitrogens with zero attached hydrogens (tertiary/aromatic N) is 1. The van der Waals surface area contributed by atoms with Crippen LogP contribution in [0.4, 0.5) is 0 Å². The first-order valence-corrected chi connectivity index (χ1v) is 12.0. The van der Waals surface area contributed by atoms with Crippen LogP contribution in [0.2, 0.25) is 0 Å². The topological polar surface area (TPSA) is 111 Å². The number of hydrogen-bond donors (Lipinski definition) is 3. The van der Waals surface area contributed by atoms with Gasteiger partial charge in [-0.15, -0.1) is 0 Å². The molecule has 1 aromatic heterocycles. The number of piperidine rings is 1. The largest absolute Gasteiger partial charge is 0.356 e. The van der Waals surface area contributed by atoms with E-state index in [1.165, 1.54) is 0 Å². The Bertz CT molecular complexity index is 1050. The number of carbonyl (C=O) groups excluding carboxylic acids is 4. The molecule has 1 aromatic carbocycles. The average molecular weight is 451 g/mol. The smallest absolute Gasteiger partial charge is 0.271 e. The van der Waals surface area contributed by atoms with E-state index >= 15 is 0 Å². The number of carbonyl (C=O) groups is 4. The van der Waals surface area contributed by atoms with Crippen LogP contribution < -0.4 is 10.6 Å². The molecule has 1 unspecified atom stereocenters. The van der Waals surface area contributed by atoms with Gasteiger partial charge in [0.2, 0.25) is 11.8 Å². The number of rotatable bonds is 6. The minimum Gasteiger partial charge on any atom is -0.356 e. The second kappa shape index (κ2) is 9.00. The number of aromatic amines is 1. The predicted octanol–water partition coefficient (Wildman–Crippen LogP) is 2.01. The Labute approximate surface area is 192 Å². The normalized spacial score (nSPS) is 27.8. The molecule has 2 aliphatic heterocycles. The molecule has 3 fully saturated rings. The number of likely N-dealkylation sites (tertiary alicyclic amines) is 1. The molecule has 8 heteroatoms. The molecule has 3 N–H and O–H groups in total. The van der Waals surface area contributed by atoms with E-state index < -0.39 is 12.1 Å². The number of H-pyrrole nitrogens is 1. The highest BCUT2D eigenvalue weighted by molar-refractivity contribution is 6.01. The van der Waals surface area contributed by atoms with Crippen molar-refractivity contribution < 1.29 is 19.2 Å². The van der Waals surface area contributed by atoms with Crippen LogP contribution in [-0.4, -0.2) is 59.1 Å². The van der Waals surface area contributed by atoms with E-state index in [2.05, 4.69) is 15.6 Å². The zero-order chi connectivity index (χ0) is 22.9. The van der Waals surface area contributed by atoms with E-state index in [-0.39, 0.29) is 36.0 Å². The number of aldehydes is 1. The maximum absolute atomic E-state index is 13.5. The molecule has 174 valence electrons.